The summed E-state index contributed by atoms with van der Waals surface area (Å²) >= 11 is 3.41. The van der Waals surface area contributed by atoms with Gasteiger partial charge < -0.3 is 15.0 Å². The standard InChI is InChI=1S/C11H15BrN2O3/c1-17-7-8(12)2-5-14-11(16)9-6-13-4-3-10(9)15/h3-4,6,8H,2,5,7H2,1H3,(H,13,15)(H,14,16). The first-order chi connectivity index (χ1) is 8.15. The van der Waals surface area contributed by atoms with Crippen LogP contribution in [-0.4, -0.2) is 36.0 Å². The number of aromatic nitrogens is 1. The molecule has 5 nitrogen and oxygen atoms in total. The van der Waals surface area contributed by atoms with Crippen LogP contribution in [0.5, 0.6) is 0 Å². The van der Waals surface area contributed by atoms with Gasteiger partial charge in [-0.15, -0.1) is 0 Å². The van der Waals surface area contributed by atoms with Gasteiger partial charge in [-0.3, -0.25) is 9.59 Å². The molecule has 1 amide bonds. The average molecular weight is 303 g/mol. The maximum absolute atomic E-state index is 11.6. The molecule has 1 unspecified atom stereocenters. The number of H-pyrrole nitrogens is 1. The largest absolute Gasteiger partial charge is 0.384 e. The van der Waals surface area contributed by atoms with Crippen molar-refractivity contribution in [2.24, 2.45) is 0 Å². The number of carbonyl (C=O) groups excluding carboxylic acids is 1. The van der Waals surface area contributed by atoms with Crippen molar-refractivity contribution in [1.29, 1.82) is 0 Å². The summed E-state index contributed by atoms with van der Waals surface area (Å²) in [4.78, 5) is 25.9. The molecule has 0 aromatic carbocycles. The van der Waals surface area contributed by atoms with Crippen LogP contribution in [0.15, 0.2) is 23.3 Å². The Kier molecular flexibility index (Phi) is 5.93. The second kappa shape index (κ2) is 7.24. The highest BCUT2D eigenvalue weighted by molar-refractivity contribution is 9.09. The third kappa shape index (κ3) is 4.70. The highest BCUT2D eigenvalue weighted by Crippen LogP contribution is 2.03. The first kappa shape index (κ1) is 13.9. The Labute approximate surface area is 108 Å². The van der Waals surface area contributed by atoms with E-state index in [1.165, 1.54) is 18.5 Å². The Morgan fingerprint density at radius 1 is 1.65 bits per heavy atom. The number of aromatic amines is 1. The van der Waals surface area contributed by atoms with Gasteiger partial charge in [0, 0.05) is 36.9 Å². The molecule has 0 aliphatic carbocycles. The summed E-state index contributed by atoms with van der Waals surface area (Å²) in [6.45, 7) is 1.08. The fourth-order valence-corrected chi connectivity index (χ4v) is 1.79. The van der Waals surface area contributed by atoms with Gasteiger partial charge in [-0.1, -0.05) is 15.9 Å². The number of halogens is 1. The van der Waals surface area contributed by atoms with Gasteiger partial charge in [0.1, 0.15) is 5.56 Å². The summed E-state index contributed by atoms with van der Waals surface area (Å²) in [6, 6.07) is 1.33. The van der Waals surface area contributed by atoms with E-state index in [1.54, 1.807) is 7.11 Å². The van der Waals surface area contributed by atoms with Crippen LogP contribution in [0.4, 0.5) is 0 Å². The molecule has 2 N–H and O–H groups in total. The lowest BCUT2D eigenvalue weighted by Gasteiger charge is -2.09. The molecule has 0 saturated heterocycles. The predicted octanol–water partition coefficient (Wildman–Crippen LogP) is 0.905. The fraction of sp³-hybridized carbons (Fsp3) is 0.455. The zero-order valence-electron chi connectivity index (χ0n) is 9.53. The number of amides is 1. The summed E-state index contributed by atoms with van der Waals surface area (Å²) in [6.07, 6.45) is 3.63. The molecule has 1 aromatic heterocycles. The van der Waals surface area contributed by atoms with Crippen LogP contribution in [0.3, 0.4) is 0 Å². The number of hydrogen-bond donors (Lipinski definition) is 2. The molecule has 6 heteroatoms. The Bertz CT molecular complexity index is 419. The van der Waals surface area contributed by atoms with E-state index in [4.69, 9.17) is 4.74 Å². The van der Waals surface area contributed by atoms with Crippen molar-refractivity contribution in [1.82, 2.24) is 10.3 Å². The van der Waals surface area contributed by atoms with Gasteiger partial charge in [0.15, 0.2) is 5.43 Å². The first-order valence-corrected chi connectivity index (χ1v) is 6.15. The van der Waals surface area contributed by atoms with Gasteiger partial charge in [-0.2, -0.15) is 0 Å². The Morgan fingerprint density at radius 2 is 2.41 bits per heavy atom. The lowest BCUT2D eigenvalue weighted by molar-refractivity contribution is 0.0950. The fourth-order valence-electron chi connectivity index (χ4n) is 1.30. The SMILES string of the molecule is COCC(Br)CCNC(=O)c1c[nH]ccc1=O. The van der Waals surface area contributed by atoms with Crippen LogP contribution in [0, 0.1) is 0 Å². The molecule has 0 bridgehead atoms. The number of nitrogens with one attached hydrogen (secondary N) is 2. The van der Waals surface area contributed by atoms with Gasteiger partial charge in [0.05, 0.1) is 6.61 Å². The van der Waals surface area contributed by atoms with Gasteiger partial charge in [-0.25, -0.2) is 0 Å². The van der Waals surface area contributed by atoms with Crippen molar-refractivity contribution < 1.29 is 9.53 Å². The number of pyridine rings is 1. The molecule has 1 heterocycles. The predicted molar refractivity (Wildman–Crippen MR) is 68.6 cm³/mol. The molecule has 1 aromatic rings. The molecule has 0 aliphatic rings. The number of carbonyl (C=O) groups is 1. The van der Waals surface area contributed by atoms with Crippen molar-refractivity contribution in [2.45, 2.75) is 11.2 Å². The van der Waals surface area contributed by atoms with Crippen LogP contribution >= 0.6 is 15.9 Å². The highest BCUT2D eigenvalue weighted by Gasteiger charge is 2.09. The van der Waals surface area contributed by atoms with Gasteiger partial charge in [0.25, 0.3) is 5.91 Å². The summed E-state index contributed by atoms with van der Waals surface area (Å²) < 4.78 is 4.95. The number of rotatable bonds is 6. The second-order valence-electron chi connectivity index (χ2n) is 3.52. The molecule has 17 heavy (non-hydrogen) atoms. The minimum Gasteiger partial charge on any atom is -0.384 e. The molecule has 1 rings (SSSR count). The number of alkyl halides is 1. The summed E-state index contributed by atoms with van der Waals surface area (Å²) in [5, 5.41) is 2.68. The quantitative estimate of drug-likeness (QED) is 0.767. The van der Waals surface area contributed by atoms with E-state index in [9.17, 15) is 9.59 Å². The molecule has 0 aliphatic heterocycles. The van der Waals surface area contributed by atoms with Gasteiger partial charge >= 0.3 is 0 Å². The van der Waals surface area contributed by atoms with E-state index in [0.29, 0.717) is 13.2 Å². The highest BCUT2D eigenvalue weighted by atomic mass is 79.9. The number of methoxy groups -OCH3 is 1. The van der Waals surface area contributed by atoms with Crippen molar-refractivity contribution in [3.63, 3.8) is 0 Å². The lowest BCUT2D eigenvalue weighted by Crippen LogP contribution is -2.30. The van der Waals surface area contributed by atoms with Crippen LogP contribution in [0.1, 0.15) is 16.8 Å². The smallest absolute Gasteiger partial charge is 0.256 e. The normalized spacial score (nSPS) is 12.1. The van der Waals surface area contributed by atoms with Crippen LogP contribution in [0.2, 0.25) is 0 Å². The Morgan fingerprint density at radius 3 is 3.06 bits per heavy atom. The zero-order valence-corrected chi connectivity index (χ0v) is 11.1. The zero-order chi connectivity index (χ0) is 12.7. The molecule has 0 radical (unpaired) electrons. The molecule has 94 valence electrons. The number of ether oxygens (including phenoxy) is 1. The average Bonchev–Trinajstić information content (AvgIpc) is 2.29. The monoisotopic (exact) mass is 302 g/mol. The summed E-state index contributed by atoms with van der Waals surface area (Å²) in [7, 11) is 1.62. The molecular weight excluding hydrogens is 288 g/mol. The minimum atomic E-state index is -0.357. The summed E-state index contributed by atoms with van der Waals surface area (Å²) in [5.74, 6) is -0.357. The van der Waals surface area contributed by atoms with E-state index in [2.05, 4.69) is 26.2 Å². The maximum Gasteiger partial charge on any atom is 0.256 e. The Hall–Kier alpha value is -1.14. The third-order valence-corrected chi connectivity index (χ3v) is 2.88. The van der Waals surface area contributed by atoms with Crippen molar-refractivity contribution in [3.8, 4) is 0 Å². The molecule has 0 spiro atoms. The van der Waals surface area contributed by atoms with Crippen molar-refractivity contribution in [3.05, 3.63) is 34.2 Å². The van der Waals surface area contributed by atoms with E-state index >= 15 is 0 Å². The van der Waals surface area contributed by atoms with E-state index in [0.717, 1.165) is 6.42 Å². The molecule has 1 atom stereocenters. The topological polar surface area (TPSA) is 71.2 Å². The Balaban J connectivity index is 2.41. The molecule has 0 fully saturated rings. The molecule has 0 saturated carbocycles. The molecular formula is C11H15BrN2O3. The van der Waals surface area contributed by atoms with Crippen LogP contribution in [0.25, 0.3) is 0 Å². The first-order valence-electron chi connectivity index (χ1n) is 5.23. The van der Waals surface area contributed by atoms with Gasteiger partial charge in [-0.05, 0) is 6.42 Å². The van der Waals surface area contributed by atoms with Gasteiger partial charge in [0.2, 0.25) is 0 Å². The van der Waals surface area contributed by atoms with Crippen molar-refractivity contribution in [2.75, 3.05) is 20.3 Å². The second-order valence-corrected chi connectivity index (χ2v) is 4.81. The van der Waals surface area contributed by atoms with Crippen LogP contribution in [-0.2, 0) is 4.74 Å². The van der Waals surface area contributed by atoms with Crippen molar-refractivity contribution >= 4 is 21.8 Å². The number of hydrogen-bond acceptors (Lipinski definition) is 3. The van der Waals surface area contributed by atoms with E-state index in [1.807, 2.05) is 0 Å². The van der Waals surface area contributed by atoms with E-state index < -0.39 is 0 Å². The summed E-state index contributed by atoms with van der Waals surface area (Å²) in [5.41, 5.74) is -0.154. The van der Waals surface area contributed by atoms with E-state index in [-0.39, 0.29) is 21.7 Å². The lowest BCUT2D eigenvalue weighted by atomic mass is 10.2. The minimum absolute atomic E-state index is 0.130. The third-order valence-electron chi connectivity index (χ3n) is 2.16. The maximum atomic E-state index is 11.6. The van der Waals surface area contributed by atoms with Crippen LogP contribution < -0.4 is 10.7 Å².